The quantitative estimate of drug-likeness (QED) is 0.388. The number of hydrogen-bond acceptors (Lipinski definition) is 7. The molecule has 0 atom stereocenters. The van der Waals surface area contributed by atoms with Gasteiger partial charge in [-0.05, 0) is 13.0 Å². The summed E-state index contributed by atoms with van der Waals surface area (Å²) < 4.78 is 0. The molecule has 0 radical (unpaired) electrons. The molecule has 1 rings (SSSR count). The smallest absolute Gasteiger partial charge is 0.300 e. The van der Waals surface area contributed by atoms with E-state index in [4.69, 9.17) is 10.9 Å². The average Bonchev–Trinajstić information content (AvgIpc) is 2.29. The zero-order valence-corrected chi connectivity index (χ0v) is 9.49. The Balaban J connectivity index is 0. The molecule has 6 N–H and O–H groups in total. The van der Waals surface area contributed by atoms with Crippen LogP contribution in [0, 0.1) is 20.2 Å². The second-order valence-corrected chi connectivity index (χ2v) is 2.68. The van der Waals surface area contributed by atoms with Crippen molar-refractivity contribution in [3.05, 3.63) is 38.4 Å². The number of hydrazine groups is 1. The van der Waals surface area contributed by atoms with Crippen LogP contribution in [-0.2, 0) is 0 Å². The fourth-order valence-electron chi connectivity index (χ4n) is 0.907. The molecule has 1 aromatic rings. The SMILES string of the molecule is CCO.NNc1ccc([N+](=O)[O-])cc1[N+](=O)[O-].O. The molecule has 102 valence electrons. The maximum absolute atomic E-state index is 10.4. The number of nitro benzene ring substituents is 2. The lowest BCUT2D eigenvalue weighted by molar-refractivity contribution is -0.393. The molecule has 0 saturated carbocycles. The van der Waals surface area contributed by atoms with Crippen LogP contribution in [0.5, 0.6) is 0 Å². The molecule has 0 bridgehead atoms. The van der Waals surface area contributed by atoms with Crippen LogP contribution in [0.15, 0.2) is 18.2 Å². The fraction of sp³-hybridized carbons (Fsp3) is 0.250. The molecule has 0 heterocycles. The summed E-state index contributed by atoms with van der Waals surface area (Å²) in [6.45, 7) is 1.93. The summed E-state index contributed by atoms with van der Waals surface area (Å²) in [5.74, 6) is 4.99. The summed E-state index contributed by atoms with van der Waals surface area (Å²) >= 11 is 0. The summed E-state index contributed by atoms with van der Waals surface area (Å²) in [6, 6.07) is 3.15. The highest BCUT2D eigenvalue weighted by Gasteiger charge is 2.18. The van der Waals surface area contributed by atoms with E-state index in [0.29, 0.717) is 0 Å². The van der Waals surface area contributed by atoms with E-state index < -0.39 is 15.5 Å². The minimum absolute atomic E-state index is 0. The van der Waals surface area contributed by atoms with Gasteiger partial charge in [0.15, 0.2) is 0 Å². The predicted octanol–water partition coefficient (Wildman–Crippen LogP) is -0.0375. The van der Waals surface area contributed by atoms with E-state index in [1.165, 1.54) is 6.07 Å². The summed E-state index contributed by atoms with van der Waals surface area (Å²) in [5, 5.41) is 28.3. The standard InChI is InChI=1S/C6H6N4O4.C2H6O.H2O/c7-8-5-2-1-4(9(11)12)3-6(5)10(13)14;1-2-3;/h1-3,8H,7H2;3H,2H2,1H3;1H2. The van der Waals surface area contributed by atoms with Crippen molar-refractivity contribution in [3.63, 3.8) is 0 Å². The number of non-ortho nitro benzene ring substituents is 1. The highest BCUT2D eigenvalue weighted by atomic mass is 16.6. The number of nitrogens with two attached hydrogens (primary N) is 1. The second-order valence-electron chi connectivity index (χ2n) is 2.68. The maximum atomic E-state index is 10.4. The van der Waals surface area contributed by atoms with Gasteiger partial charge in [0.05, 0.1) is 15.9 Å². The van der Waals surface area contributed by atoms with Crippen LogP contribution in [0.4, 0.5) is 17.1 Å². The molecule has 1 aromatic carbocycles. The van der Waals surface area contributed by atoms with Gasteiger partial charge in [-0.3, -0.25) is 26.1 Å². The predicted molar refractivity (Wildman–Crippen MR) is 63.9 cm³/mol. The van der Waals surface area contributed by atoms with Crippen LogP contribution < -0.4 is 11.3 Å². The number of hydrogen-bond donors (Lipinski definition) is 3. The number of aliphatic hydroxyl groups is 1. The Morgan fingerprint density at radius 1 is 1.33 bits per heavy atom. The molecule has 18 heavy (non-hydrogen) atoms. The van der Waals surface area contributed by atoms with E-state index in [9.17, 15) is 20.2 Å². The van der Waals surface area contributed by atoms with Crippen molar-refractivity contribution in [2.24, 2.45) is 5.84 Å². The highest BCUT2D eigenvalue weighted by molar-refractivity contribution is 5.64. The van der Waals surface area contributed by atoms with Crippen molar-refractivity contribution in [2.75, 3.05) is 12.0 Å². The van der Waals surface area contributed by atoms with Gasteiger partial charge in [-0.15, -0.1) is 0 Å². The number of rotatable bonds is 3. The second kappa shape index (κ2) is 8.81. The number of aliphatic hydroxyl groups excluding tert-OH is 1. The van der Waals surface area contributed by atoms with Crippen LogP contribution in [0.1, 0.15) is 6.92 Å². The lowest BCUT2D eigenvalue weighted by Crippen LogP contribution is -2.09. The minimum atomic E-state index is -0.748. The van der Waals surface area contributed by atoms with E-state index in [1.54, 1.807) is 6.92 Å². The Morgan fingerprint density at radius 3 is 2.17 bits per heavy atom. The molecule has 0 amide bonds. The molecule has 0 unspecified atom stereocenters. The molecule has 0 aliphatic heterocycles. The van der Waals surface area contributed by atoms with Crippen molar-refractivity contribution < 1.29 is 20.4 Å². The van der Waals surface area contributed by atoms with Gasteiger partial charge >= 0.3 is 5.69 Å². The van der Waals surface area contributed by atoms with E-state index in [-0.39, 0.29) is 23.5 Å². The van der Waals surface area contributed by atoms with Gasteiger partial charge in [0, 0.05) is 12.7 Å². The molecule has 10 heteroatoms. The first-order valence-electron chi connectivity index (χ1n) is 4.48. The molecule has 0 spiro atoms. The van der Waals surface area contributed by atoms with Crippen molar-refractivity contribution in [2.45, 2.75) is 6.92 Å². The average molecular weight is 262 g/mol. The first kappa shape index (κ1) is 18.1. The Hall–Kier alpha value is -2.30. The van der Waals surface area contributed by atoms with Crippen LogP contribution >= 0.6 is 0 Å². The molecule has 10 nitrogen and oxygen atoms in total. The van der Waals surface area contributed by atoms with Gasteiger partial charge in [-0.2, -0.15) is 0 Å². The number of benzene rings is 1. The zero-order valence-electron chi connectivity index (χ0n) is 9.49. The Bertz CT molecular complexity index is 411. The molecule has 0 aliphatic carbocycles. The normalized spacial score (nSPS) is 8.39. The molecular formula is C8H14N4O6. The minimum Gasteiger partial charge on any atom is -0.412 e. The first-order valence-corrected chi connectivity index (χ1v) is 4.48. The molecule has 0 aliphatic rings. The van der Waals surface area contributed by atoms with Crippen LogP contribution in [0.3, 0.4) is 0 Å². The number of nitrogens with zero attached hydrogens (tertiary/aromatic N) is 2. The third kappa shape index (κ3) is 5.16. The van der Waals surface area contributed by atoms with E-state index in [2.05, 4.69) is 5.43 Å². The van der Waals surface area contributed by atoms with Crippen molar-refractivity contribution in [1.29, 1.82) is 0 Å². The third-order valence-electron chi connectivity index (χ3n) is 1.54. The Kier molecular flexibility index (Phi) is 8.84. The van der Waals surface area contributed by atoms with Crippen molar-refractivity contribution >= 4 is 17.1 Å². The Labute approximate surface area is 102 Å². The molecule has 0 fully saturated rings. The van der Waals surface area contributed by atoms with Gasteiger partial charge in [-0.25, -0.2) is 0 Å². The van der Waals surface area contributed by atoms with Crippen molar-refractivity contribution in [3.8, 4) is 0 Å². The summed E-state index contributed by atoms with van der Waals surface area (Å²) in [4.78, 5) is 19.3. The lowest BCUT2D eigenvalue weighted by atomic mass is 10.2. The largest absolute Gasteiger partial charge is 0.412 e. The summed E-state index contributed by atoms with van der Waals surface area (Å²) in [5.41, 5.74) is 1.33. The topological polar surface area (TPSA) is 176 Å². The van der Waals surface area contributed by atoms with E-state index in [0.717, 1.165) is 12.1 Å². The number of nitrogen functional groups attached to an aromatic ring is 1. The van der Waals surface area contributed by atoms with Gasteiger partial charge in [0.25, 0.3) is 5.69 Å². The van der Waals surface area contributed by atoms with Gasteiger partial charge in [0.2, 0.25) is 0 Å². The monoisotopic (exact) mass is 262 g/mol. The first-order chi connectivity index (χ1) is 7.97. The third-order valence-corrected chi connectivity index (χ3v) is 1.54. The van der Waals surface area contributed by atoms with Gasteiger partial charge < -0.3 is 16.0 Å². The zero-order chi connectivity index (χ0) is 13.4. The lowest BCUT2D eigenvalue weighted by Gasteiger charge is -2.00. The number of nitrogens with one attached hydrogen (secondary N) is 1. The maximum Gasteiger partial charge on any atom is 0.300 e. The van der Waals surface area contributed by atoms with Gasteiger partial charge in [-0.1, -0.05) is 0 Å². The van der Waals surface area contributed by atoms with E-state index in [1.807, 2.05) is 0 Å². The van der Waals surface area contributed by atoms with Crippen molar-refractivity contribution in [1.82, 2.24) is 0 Å². The number of nitro groups is 2. The number of anilines is 1. The molecule has 0 saturated heterocycles. The fourth-order valence-corrected chi connectivity index (χ4v) is 0.907. The summed E-state index contributed by atoms with van der Waals surface area (Å²) in [7, 11) is 0. The molecular weight excluding hydrogens is 248 g/mol. The van der Waals surface area contributed by atoms with Crippen LogP contribution in [0.25, 0.3) is 0 Å². The van der Waals surface area contributed by atoms with Crippen LogP contribution in [-0.4, -0.2) is 27.0 Å². The highest BCUT2D eigenvalue weighted by Crippen LogP contribution is 2.27. The summed E-state index contributed by atoms with van der Waals surface area (Å²) in [6.07, 6.45) is 0. The van der Waals surface area contributed by atoms with E-state index >= 15 is 0 Å². The molecule has 0 aromatic heterocycles. The van der Waals surface area contributed by atoms with Crippen LogP contribution in [0.2, 0.25) is 0 Å². The Morgan fingerprint density at radius 2 is 1.83 bits per heavy atom. The van der Waals surface area contributed by atoms with Gasteiger partial charge in [0.1, 0.15) is 5.69 Å².